The molecule has 0 aromatic heterocycles. The minimum atomic E-state index is -0.504. The number of hydrogen-bond acceptors (Lipinski definition) is 2. The van der Waals surface area contributed by atoms with E-state index in [-0.39, 0.29) is 17.2 Å². The molecular formula is C13H16FNO2. The first-order chi connectivity index (χ1) is 8.08. The predicted molar refractivity (Wildman–Crippen MR) is 62.4 cm³/mol. The first-order valence-corrected chi connectivity index (χ1v) is 5.85. The number of piperidine rings is 1. The van der Waals surface area contributed by atoms with Crippen LogP contribution in [0.25, 0.3) is 0 Å². The Kier molecular flexibility index (Phi) is 3.31. The van der Waals surface area contributed by atoms with Gasteiger partial charge in [0.05, 0.1) is 5.56 Å². The van der Waals surface area contributed by atoms with Crippen LogP contribution in [-0.2, 0) is 0 Å². The number of benzene rings is 1. The topological polar surface area (TPSA) is 40.5 Å². The molecular weight excluding hydrogens is 221 g/mol. The van der Waals surface area contributed by atoms with E-state index in [2.05, 4.69) is 6.92 Å². The van der Waals surface area contributed by atoms with Gasteiger partial charge in [-0.2, -0.15) is 0 Å². The third-order valence-corrected chi connectivity index (χ3v) is 3.13. The van der Waals surface area contributed by atoms with Gasteiger partial charge in [0.25, 0.3) is 5.91 Å². The van der Waals surface area contributed by atoms with Crippen LogP contribution < -0.4 is 0 Å². The van der Waals surface area contributed by atoms with Gasteiger partial charge in [0.15, 0.2) is 0 Å². The Bertz CT molecular complexity index is 433. The number of carbonyl (C=O) groups is 1. The molecule has 1 N–H and O–H groups in total. The van der Waals surface area contributed by atoms with E-state index < -0.39 is 5.82 Å². The van der Waals surface area contributed by atoms with Crippen molar-refractivity contribution in [3.8, 4) is 5.75 Å². The number of nitrogens with zero attached hydrogens (tertiary/aromatic N) is 1. The quantitative estimate of drug-likeness (QED) is 0.814. The fourth-order valence-electron chi connectivity index (χ4n) is 2.22. The Morgan fingerprint density at radius 2 is 2.29 bits per heavy atom. The number of amides is 1. The third kappa shape index (κ3) is 2.57. The first-order valence-electron chi connectivity index (χ1n) is 5.85. The fraction of sp³-hybridized carbons (Fsp3) is 0.462. The molecule has 1 aromatic rings. The van der Waals surface area contributed by atoms with Gasteiger partial charge in [-0.15, -0.1) is 0 Å². The van der Waals surface area contributed by atoms with Crippen molar-refractivity contribution in [1.29, 1.82) is 0 Å². The lowest BCUT2D eigenvalue weighted by Gasteiger charge is -2.31. The van der Waals surface area contributed by atoms with Crippen LogP contribution in [0.2, 0.25) is 0 Å². The molecule has 1 aliphatic heterocycles. The largest absolute Gasteiger partial charge is 0.507 e. The lowest BCUT2D eigenvalue weighted by Crippen LogP contribution is -2.39. The van der Waals surface area contributed by atoms with Crippen molar-refractivity contribution in [2.45, 2.75) is 19.8 Å². The van der Waals surface area contributed by atoms with Crippen molar-refractivity contribution in [2.75, 3.05) is 13.1 Å². The molecule has 1 amide bonds. The highest BCUT2D eigenvalue weighted by atomic mass is 19.1. The second kappa shape index (κ2) is 4.73. The Morgan fingerprint density at radius 1 is 1.53 bits per heavy atom. The number of phenols is 1. The molecule has 0 radical (unpaired) electrons. The molecule has 1 heterocycles. The van der Waals surface area contributed by atoms with Gasteiger partial charge in [0, 0.05) is 13.1 Å². The highest BCUT2D eigenvalue weighted by Crippen LogP contribution is 2.23. The lowest BCUT2D eigenvalue weighted by molar-refractivity contribution is 0.0679. The van der Waals surface area contributed by atoms with Crippen molar-refractivity contribution in [3.05, 3.63) is 29.6 Å². The molecule has 1 unspecified atom stereocenters. The molecule has 1 fully saturated rings. The van der Waals surface area contributed by atoms with Crippen LogP contribution in [0.1, 0.15) is 30.1 Å². The molecule has 3 nitrogen and oxygen atoms in total. The zero-order valence-electron chi connectivity index (χ0n) is 9.82. The first kappa shape index (κ1) is 11.9. The molecule has 17 heavy (non-hydrogen) atoms. The summed E-state index contributed by atoms with van der Waals surface area (Å²) < 4.78 is 13.1. The van der Waals surface area contributed by atoms with Crippen LogP contribution in [0.15, 0.2) is 18.2 Å². The van der Waals surface area contributed by atoms with Crippen molar-refractivity contribution < 1.29 is 14.3 Å². The molecule has 0 aliphatic carbocycles. The molecule has 1 saturated heterocycles. The van der Waals surface area contributed by atoms with Gasteiger partial charge in [0.1, 0.15) is 11.6 Å². The molecule has 1 aromatic carbocycles. The Balaban J connectivity index is 2.21. The molecule has 0 spiro atoms. The van der Waals surface area contributed by atoms with E-state index in [1.54, 1.807) is 4.90 Å². The molecule has 92 valence electrons. The van der Waals surface area contributed by atoms with Crippen LogP contribution in [-0.4, -0.2) is 29.0 Å². The molecule has 1 aliphatic rings. The average Bonchev–Trinajstić information content (AvgIpc) is 2.31. The summed E-state index contributed by atoms with van der Waals surface area (Å²) in [5.41, 5.74) is 0.0547. The smallest absolute Gasteiger partial charge is 0.257 e. The number of likely N-dealkylation sites (tertiary alicyclic amines) is 1. The van der Waals surface area contributed by atoms with E-state index in [9.17, 15) is 14.3 Å². The Hall–Kier alpha value is -1.58. The molecule has 2 rings (SSSR count). The van der Waals surface area contributed by atoms with Crippen molar-refractivity contribution in [2.24, 2.45) is 5.92 Å². The highest BCUT2D eigenvalue weighted by molar-refractivity contribution is 5.96. The van der Waals surface area contributed by atoms with E-state index in [0.717, 1.165) is 25.0 Å². The predicted octanol–water partition coefficient (Wildman–Crippen LogP) is 2.40. The van der Waals surface area contributed by atoms with Gasteiger partial charge in [-0.25, -0.2) is 4.39 Å². The Morgan fingerprint density at radius 3 is 3.00 bits per heavy atom. The Labute approximate surface area is 99.9 Å². The molecule has 4 heteroatoms. The fourth-order valence-corrected chi connectivity index (χ4v) is 2.22. The number of halogens is 1. The second-order valence-corrected chi connectivity index (χ2v) is 4.66. The van der Waals surface area contributed by atoms with E-state index in [0.29, 0.717) is 19.0 Å². The maximum Gasteiger partial charge on any atom is 0.257 e. The summed E-state index contributed by atoms with van der Waals surface area (Å²) in [6.45, 7) is 3.44. The average molecular weight is 237 g/mol. The summed E-state index contributed by atoms with van der Waals surface area (Å²) in [7, 11) is 0. The lowest BCUT2D eigenvalue weighted by atomic mass is 9.99. The number of rotatable bonds is 1. The molecule has 1 atom stereocenters. The van der Waals surface area contributed by atoms with Gasteiger partial charge in [0.2, 0.25) is 0 Å². The molecule has 0 saturated carbocycles. The maximum absolute atomic E-state index is 13.1. The summed E-state index contributed by atoms with van der Waals surface area (Å²) in [5, 5.41) is 9.59. The highest BCUT2D eigenvalue weighted by Gasteiger charge is 2.24. The van der Waals surface area contributed by atoms with E-state index in [1.165, 1.54) is 6.07 Å². The van der Waals surface area contributed by atoms with Crippen LogP contribution in [0.3, 0.4) is 0 Å². The van der Waals surface area contributed by atoms with Crippen LogP contribution in [0.4, 0.5) is 4.39 Å². The van der Waals surface area contributed by atoms with Crippen molar-refractivity contribution >= 4 is 5.91 Å². The summed E-state index contributed by atoms with van der Waals surface area (Å²) >= 11 is 0. The minimum Gasteiger partial charge on any atom is -0.507 e. The second-order valence-electron chi connectivity index (χ2n) is 4.66. The van der Waals surface area contributed by atoms with Gasteiger partial charge < -0.3 is 10.0 Å². The summed E-state index contributed by atoms with van der Waals surface area (Å²) in [6, 6.07) is 3.46. The van der Waals surface area contributed by atoms with Gasteiger partial charge in [-0.3, -0.25) is 4.79 Å². The standard InChI is InChI=1S/C13H16FNO2/c1-9-3-2-6-15(8-9)13(17)11-7-10(14)4-5-12(11)16/h4-5,7,9,16H,2-3,6,8H2,1H3. The van der Waals surface area contributed by atoms with Crippen LogP contribution in [0.5, 0.6) is 5.75 Å². The summed E-state index contributed by atoms with van der Waals surface area (Å²) in [5.74, 6) is -0.484. The van der Waals surface area contributed by atoms with Gasteiger partial charge in [-0.05, 0) is 37.0 Å². The van der Waals surface area contributed by atoms with E-state index in [4.69, 9.17) is 0 Å². The number of phenolic OH excluding ortho intramolecular Hbond substituents is 1. The van der Waals surface area contributed by atoms with Gasteiger partial charge >= 0.3 is 0 Å². The number of aromatic hydroxyl groups is 1. The van der Waals surface area contributed by atoms with Crippen molar-refractivity contribution in [3.63, 3.8) is 0 Å². The van der Waals surface area contributed by atoms with Crippen molar-refractivity contribution in [1.82, 2.24) is 4.90 Å². The SMILES string of the molecule is CC1CCCN(C(=O)c2cc(F)ccc2O)C1. The van der Waals surface area contributed by atoms with E-state index in [1.807, 2.05) is 0 Å². The minimum absolute atomic E-state index is 0.0547. The molecule has 0 bridgehead atoms. The summed E-state index contributed by atoms with van der Waals surface area (Å²) in [4.78, 5) is 13.8. The number of hydrogen-bond donors (Lipinski definition) is 1. The van der Waals surface area contributed by atoms with Gasteiger partial charge in [-0.1, -0.05) is 6.92 Å². The maximum atomic E-state index is 13.1. The normalized spacial score (nSPS) is 20.4. The summed E-state index contributed by atoms with van der Waals surface area (Å²) in [6.07, 6.45) is 2.07. The number of carbonyl (C=O) groups excluding carboxylic acids is 1. The van der Waals surface area contributed by atoms with Crippen LogP contribution >= 0.6 is 0 Å². The zero-order valence-corrected chi connectivity index (χ0v) is 9.82. The monoisotopic (exact) mass is 237 g/mol. The van der Waals surface area contributed by atoms with Crippen LogP contribution in [0, 0.1) is 11.7 Å². The third-order valence-electron chi connectivity index (χ3n) is 3.13. The van der Waals surface area contributed by atoms with E-state index >= 15 is 0 Å². The zero-order chi connectivity index (χ0) is 12.4.